The standard InChI is InChI=1S/C32H62O4/c1-3-5-7-9-11-13-15-16-18-20-22-26-30-36-32(34)28-24-23-27-31(33)35-29-25-21-19-17-14-12-10-8-6-4-2/h3-30H2,1-2H3. The van der Waals surface area contributed by atoms with Crippen LogP contribution in [-0.4, -0.2) is 25.2 Å². The molecule has 0 N–H and O–H groups in total. The molecule has 4 nitrogen and oxygen atoms in total. The maximum Gasteiger partial charge on any atom is 0.305 e. The Labute approximate surface area is 225 Å². The fourth-order valence-electron chi connectivity index (χ4n) is 4.59. The molecule has 0 aliphatic carbocycles. The predicted octanol–water partition coefficient (Wildman–Crippen LogP) is 10.3. The van der Waals surface area contributed by atoms with Crippen molar-refractivity contribution in [2.75, 3.05) is 13.2 Å². The summed E-state index contributed by atoms with van der Waals surface area (Å²) >= 11 is 0. The van der Waals surface area contributed by atoms with E-state index in [0.717, 1.165) is 25.7 Å². The predicted molar refractivity (Wildman–Crippen MR) is 153 cm³/mol. The van der Waals surface area contributed by atoms with Crippen LogP contribution in [0, 0.1) is 0 Å². The summed E-state index contributed by atoms with van der Waals surface area (Å²) in [6.07, 6.45) is 30.7. The molecular formula is C32H62O4. The van der Waals surface area contributed by atoms with E-state index in [1.54, 1.807) is 0 Å². The average molecular weight is 511 g/mol. The first-order valence-electron chi connectivity index (χ1n) is 16.0. The smallest absolute Gasteiger partial charge is 0.305 e. The van der Waals surface area contributed by atoms with Gasteiger partial charge in [-0.3, -0.25) is 9.59 Å². The number of hydrogen-bond acceptors (Lipinski definition) is 4. The maximum absolute atomic E-state index is 11.8. The van der Waals surface area contributed by atoms with Gasteiger partial charge in [-0.05, 0) is 25.7 Å². The summed E-state index contributed by atoms with van der Waals surface area (Å²) < 4.78 is 10.6. The molecule has 36 heavy (non-hydrogen) atoms. The Morgan fingerprint density at radius 3 is 0.889 bits per heavy atom. The fraction of sp³-hybridized carbons (Fsp3) is 0.938. The van der Waals surface area contributed by atoms with E-state index in [1.807, 2.05) is 0 Å². The topological polar surface area (TPSA) is 52.6 Å². The zero-order chi connectivity index (χ0) is 26.4. The maximum atomic E-state index is 11.8. The van der Waals surface area contributed by atoms with E-state index in [2.05, 4.69) is 13.8 Å². The van der Waals surface area contributed by atoms with Crippen molar-refractivity contribution in [2.24, 2.45) is 0 Å². The Balaban J connectivity index is 3.27. The summed E-state index contributed by atoms with van der Waals surface area (Å²) in [4.78, 5) is 23.7. The Bertz CT molecular complexity index is 463. The summed E-state index contributed by atoms with van der Waals surface area (Å²) in [7, 11) is 0. The lowest BCUT2D eigenvalue weighted by Gasteiger charge is -2.06. The van der Waals surface area contributed by atoms with Crippen molar-refractivity contribution >= 4 is 11.9 Å². The lowest BCUT2D eigenvalue weighted by molar-refractivity contribution is -0.146. The van der Waals surface area contributed by atoms with Crippen LogP contribution < -0.4 is 0 Å². The molecule has 0 bridgehead atoms. The molecule has 0 saturated carbocycles. The SMILES string of the molecule is CCCCCCCCCCCCCCOC(=O)CCCCC(=O)OCCCCCCCCCCCC. The Morgan fingerprint density at radius 2 is 0.611 bits per heavy atom. The molecule has 0 rings (SSSR count). The first-order valence-corrected chi connectivity index (χ1v) is 16.0. The van der Waals surface area contributed by atoms with Gasteiger partial charge in [0.25, 0.3) is 0 Å². The zero-order valence-corrected chi connectivity index (χ0v) is 24.4. The molecule has 0 aliphatic rings. The van der Waals surface area contributed by atoms with E-state index < -0.39 is 0 Å². The van der Waals surface area contributed by atoms with Crippen LogP contribution in [0.25, 0.3) is 0 Å². The highest BCUT2D eigenvalue weighted by Crippen LogP contribution is 2.13. The molecule has 214 valence electrons. The summed E-state index contributed by atoms with van der Waals surface area (Å²) in [6.45, 7) is 5.60. The Hall–Kier alpha value is -1.06. The van der Waals surface area contributed by atoms with Crippen LogP contribution in [0.2, 0.25) is 0 Å². The van der Waals surface area contributed by atoms with Gasteiger partial charge in [-0.1, -0.05) is 142 Å². The van der Waals surface area contributed by atoms with Gasteiger partial charge < -0.3 is 9.47 Å². The van der Waals surface area contributed by atoms with Gasteiger partial charge in [0, 0.05) is 12.8 Å². The molecule has 0 aromatic heterocycles. The van der Waals surface area contributed by atoms with Gasteiger partial charge in [-0.15, -0.1) is 0 Å². The van der Waals surface area contributed by atoms with Gasteiger partial charge in [0.1, 0.15) is 0 Å². The number of hydrogen-bond donors (Lipinski definition) is 0. The number of esters is 2. The molecule has 0 radical (unpaired) electrons. The van der Waals surface area contributed by atoms with Crippen LogP contribution in [0.4, 0.5) is 0 Å². The third kappa shape index (κ3) is 29.2. The number of ether oxygens (including phenoxy) is 2. The fourth-order valence-corrected chi connectivity index (χ4v) is 4.59. The number of rotatable bonds is 29. The highest BCUT2D eigenvalue weighted by atomic mass is 16.5. The van der Waals surface area contributed by atoms with E-state index in [9.17, 15) is 9.59 Å². The second kappa shape index (κ2) is 30.2. The molecule has 0 unspecified atom stereocenters. The lowest BCUT2D eigenvalue weighted by Crippen LogP contribution is -2.08. The van der Waals surface area contributed by atoms with Crippen molar-refractivity contribution in [1.82, 2.24) is 0 Å². The average Bonchev–Trinajstić information content (AvgIpc) is 2.88. The van der Waals surface area contributed by atoms with Crippen LogP contribution in [0.3, 0.4) is 0 Å². The van der Waals surface area contributed by atoms with Crippen molar-refractivity contribution in [2.45, 2.75) is 181 Å². The van der Waals surface area contributed by atoms with Crippen molar-refractivity contribution in [1.29, 1.82) is 0 Å². The molecule has 0 aliphatic heterocycles. The minimum atomic E-state index is -0.129. The second-order valence-electron chi connectivity index (χ2n) is 10.7. The van der Waals surface area contributed by atoms with Gasteiger partial charge >= 0.3 is 11.9 Å². The molecule has 0 saturated heterocycles. The van der Waals surface area contributed by atoms with E-state index in [4.69, 9.17) is 9.47 Å². The quantitative estimate of drug-likeness (QED) is 0.0741. The largest absolute Gasteiger partial charge is 0.466 e. The second-order valence-corrected chi connectivity index (χ2v) is 10.7. The molecule has 0 aromatic carbocycles. The number of carbonyl (C=O) groups is 2. The third-order valence-corrected chi connectivity index (χ3v) is 7.03. The van der Waals surface area contributed by atoms with Gasteiger partial charge in [-0.2, -0.15) is 0 Å². The van der Waals surface area contributed by atoms with Crippen molar-refractivity contribution in [3.63, 3.8) is 0 Å². The highest BCUT2D eigenvalue weighted by molar-refractivity contribution is 5.70. The molecule has 0 aromatic rings. The van der Waals surface area contributed by atoms with Crippen molar-refractivity contribution < 1.29 is 19.1 Å². The summed E-state index contributed by atoms with van der Waals surface area (Å²) in [5.41, 5.74) is 0. The van der Waals surface area contributed by atoms with Gasteiger partial charge in [-0.25, -0.2) is 0 Å². The molecule has 0 atom stereocenters. The Morgan fingerprint density at radius 1 is 0.361 bits per heavy atom. The van der Waals surface area contributed by atoms with Gasteiger partial charge in [0.15, 0.2) is 0 Å². The molecule has 0 heterocycles. The molecule has 4 heteroatoms. The monoisotopic (exact) mass is 510 g/mol. The molecule has 0 spiro atoms. The van der Waals surface area contributed by atoms with Crippen LogP contribution in [0.5, 0.6) is 0 Å². The lowest BCUT2D eigenvalue weighted by atomic mass is 10.1. The van der Waals surface area contributed by atoms with E-state index >= 15 is 0 Å². The minimum absolute atomic E-state index is 0.128. The van der Waals surface area contributed by atoms with E-state index in [0.29, 0.717) is 38.9 Å². The molecule has 0 fully saturated rings. The number of carbonyl (C=O) groups excluding carboxylic acids is 2. The zero-order valence-electron chi connectivity index (χ0n) is 24.4. The van der Waals surface area contributed by atoms with E-state index in [1.165, 1.54) is 116 Å². The first-order chi connectivity index (χ1) is 17.7. The van der Waals surface area contributed by atoms with E-state index in [-0.39, 0.29) is 11.9 Å². The Kier molecular flexibility index (Phi) is 29.3. The third-order valence-electron chi connectivity index (χ3n) is 7.03. The summed E-state index contributed by atoms with van der Waals surface area (Å²) in [5, 5.41) is 0. The van der Waals surface area contributed by atoms with Crippen LogP contribution >= 0.6 is 0 Å². The van der Waals surface area contributed by atoms with Crippen LogP contribution in [0.15, 0.2) is 0 Å². The molecular weight excluding hydrogens is 448 g/mol. The normalized spacial score (nSPS) is 11.1. The van der Waals surface area contributed by atoms with Gasteiger partial charge in [0.05, 0.1) is 13.2 Å². The number of unbranched alkanes of at least 4 members (excludes halogenated alkanes) is 21. The van der Waals surface area contributed by atoms with Crippen LogP contribution in [-0.2, 0) is 19.1 Å². The summed E-state index contributed by atoms with van der Waals surface area (Å²) in [6, 6.07) is 0. The van der Waals surface area contributed by atoms with Crippen LogP contribution in [0.1, 0.15) is 181 Å². The summed E-state index contributed by atoms with van der Waals surface area (Å²) in [5.74, 6) is -0.257. The van der Waals surface area contributed by atoms with Crippen molar-refractivity contribution in [3.05, 3.63) is 0 Å². The van der Waals surface area contributed by atoms with Gasteiger partial charge in [0.2, 0.25) is 0 Å². The molecule has 0 amide bonds. The first kappa shape index (κ1) is 34.9. The highest BCUT2D eigenvalue weighted by Gasteiger charge is 2.06. The minimum Gasteiger partial charge on any atom is -0.466 e. The van der Waals surface area contributed by atoms with Crippen molar-refractivity contribution in [3.8, 4) is 0 Å².